The van der Waals surface area contributed by atoms with Crippen LogP contribution in [-0.2, 0) is 16.0 Å². The van der Waals surface area contributed by atoms with Crippen LogP contribution < -0.4 is 5.32 Å². The van der Waals surface area contributed by atoms with E-state index in [1.807, 2.05) is 0 Å². The SMILES string of the molecule is CC(=O)N1CCC(NC(=O)Cc2c(F)cccc2Cl)CC1. The maximum atomic E-state index is 13.6. The number of hydrogen-bond donors (Lipinski definition) is 1. The zero-order chi connectivity index (χ0) is 15.4. The van der Waals surface area contributed by atoms with Crippen LogP contribution in [0.4, 0.5) is 4.39 Å². The molecule has 114 valence electrons. The second kappa shape index (κ2) is 6.89. The van der Waals surface area contributed by atoms with Crippen LogP contribution in [0.15, 0.2) is 18.2 Å². The quantitative estimate of drug-likeness (QED) is 0.929. The molecule has 0 saturated carbocycles. The Kier molecular flexibility index (Phi) is 5.17. The van der Waals surface area contributed by atoms with Gasteiger partial charge in [-0.25, -0.2) is 4.39 Å². The molecule has 21 heavy (non-hydrogen) atoms. The fourth-order valence-electron chi connectivity index (χ4n) is 2.48. The first-order chi connectivity index (χ1) is 9.97. The minimum absolute atomic E-state index is 0.0265. The average Bonchev–Trinajstić information content (AvgIpc) is 2.43. The van der Waals surface area contributed by atoms with Gasteiger partial charge in [-0.1, -0.05) is 17.7 Å². The predicted octanol–water partition coefficient (Wildman–Crippen LogP) is 2.15. The fraction of sp³-hybridized carbons (Fsp3) is 0.467. The van der Waals surface area contributed by atoms with Crippen LogP contribution in [-0.4, -0.2) is 35.8 Å². The van der Waals surface area contributed by atoms with Crippen LogP contribution in [0.3, 0.4) is 0 Å². The summed E-state index contributed by atoms with van der Waals surface area (Å²) in [5.41, 5.74) is 0.220. The molecule has 1 aliphatic heterocycles. The van der Waals surface area contributed by atoms with Crippen molar-refractivity contribution < 1.29 is 14.0 Å². The van der Waals surface area contributed by atoms with Gasteiger partial charge in [0.15, 0.2) is 0 Å². The Morgan fingerprint density at radius 2 is 2.05 bits per heavy atom. The first kappa shape index (κ1) is 15.8. The Balaban J connectivity index is 1.87. The third kappa shape index (κ3) is 4.17. The second-order valence-corrected chi connectivity index (χ2v) is 5.63. The number of carbonyl (C=O) groups is 2. The van der Waals surface area contributed by atoms with E-state index in [4.69, 9.17) is 11.6 Å². The molecule has 0 atom stereocenters. The number of piperidine rings is 1. The molecule has 1 saturated heterocycles. The lowest BCUT2D eigenvalue weighted by Gasteiger charge is -2.31. The van der Waals surface area contributed by atoms with E-state index in [0.717, 1.165) is 12.8 Å². The van der Waals surface area contributed by atoms with Gasteiger partial charge >= 0.3 is 0 Å². The minimum atomic E-state index is -0.468. The van der Waals surface area contributed by atoms with Gasteiger partial charge in [-0.15, -0.1) is 0 Å². The molecule has 1 aliphatic rings. The highest BCUT2D eigenvalue weighted by Crippen LogP contribution is 2.19. The van der Waals surface area contributed by atoms with Crippen LogP contribution in [0, 0.1) is 5.82 Å². The first-order valence-corrected chi connectivity index (χ1v) is 7.33. The molecular weight excluding hydrogens is 295 g/mol. The van der Waals surface area contributed by atoms with E-state index >= 15 is 0 Å². The highest BCUT2D eigenvalue weighted by atomic mass is 35.5. The van der Waals surface area contributed by atoms with Crippen molar-refractivity contribution in [2.45, 2.75) is 32.2 Å². The van der Waals surface area contributed by atoms with Gasteiger partial charge in [0, 0.05) is 36.6 Å². The lowest BCUT2D eigenvalue weighted by atomic mass is 10.0. The number of benzene rings is 1. The molecule has 1 fully saturated rings. The van der Waals surface area contributed by atoms with Crippen LogP contribution in [0.5, 0.6) is 0 Å². The highest BCUT2D eigenvalue weighted by molar-refractivity contribution is 6.31. The zero-order valence-corrected chi connectivity index (χ0v) is 12.6. The Morgan fingerprint density at radius 3 is 2.62 bits per heavy atom. The molecule has 0 radical (unpaired) electrons. The molecular formula is C15H18ClFN2O2. The van der Waals surface area contributed by atoms with Gasteiger partial charge in [-0.3, -0.25) is 9.59 Å². The van der Waals surface area contributed by atoms with E-state index in [0.29, 0.717) is 13.1 Å². The number of likely N-dealkylation sites (tertiary alicyclic amines) is 1. The van der Waals surface area contributed by atoms with Gasteiger partial charge in [0.05, 0.1) is 6.42 Å². The molecule has 0 aliphatic carbocycles. The van der Waals surface area contributed by atoms with Gasteiger partial charge in [0.1, 0.15) is 5.82 Å². The monoisotopic (exact) mass is 312 g/mol. The number of hydrogen-bond acceptors (Lipinski definition) is 2. The summed E-state index contributed by atoms with van der Waals surface area (Å²) in [7, 11) is 0. The summed E-state index contributed by atoms with van der Waals surface area (Å²) < 4.78 is 13.6. The number of amides is 2. The molecule has 2 rings (SSSR count). The number of rotatable bonds is 3. The Hall–Kier alpha value is -1.62. The molecule has 0 aromatic heterocycles. The van der Waals surface area contributed by atoms with Crippen LogP contribution in [0.2, 0.25) is 5.02 Å². The molecule has 1 aromatic rings. The minimum Gasteiger partial charge on any atom is -0.353 e. The van der Waals surface area contributed by atoms with E-state index in [2.05, 4.69) is 5.32 Å². The number of nitrogens with zero attached hydrogens (tertiary/aromatic N) is 1. The zero-order valence-electron chi connectivity index (χ0n) is 11.9. The van der Waals surface area contributed by atoms with Crippen molar-refractivity contribution in [1.82, 2.24) is 10.2 Å². The largest absolute Gasteiger partial charge is 0.353 e. The molecule has 0 spiro atoms. The number of nitrogens with one attached hydrogen (secondary N) is 1. The van der Waals surface area contributed by atoms with Crippen molar-refractivity contribution in [1.29, 1.82) is 0 Å². The van der Waals surface area contributed by atoms with Crippen molar-refractivity contribution in [3.05, 3.63) is 34.6 Å². The predicted molar refractivity (Wildman–Crippen MR) is 78.5 cm³/mol. The maximum absolute atomic E-state index is 13.6. The normalized spacial score (nSPS) is 15.9. The van der Waals surface area contributed by atoms with Crippen LogP contribution in [0.1, 0.15) is 25.3 Å². The lowest BCUT2D eigenvalue weighted by Crippen LogP contribution is -2.46. The summed E-state index contributed by atoms with van der Waals surface area (Å²) >= 11 is 5.91. The molecule has 0 bridgehead atoms. The van der Waals surface area contributed by atoms with E-state index in [-0.39, 0.29) is 34.9 Å². The van der Waals surface area contributed by atoms with E-state index in [1.54, 1.807) is 17.9 Å². The first-order valence-electron chi connectivity index (χ1n) is 6.95. The molecule has 1 aromatic carbocycles. The number of carbonyl (C=O) groups excluding carboxylic acids is 2. The van der Waals surface area contributed by atoms with Crippen molar-refractivity contribution in [2.75, 3.05) is 13.1 Å². The maximum Gasteiger partial charge on any atom is 0.224 e. The standard InChI is InChI=1S/C15H18ClFN2O2/c1-10(20)19-7-5-11(6-8-19)18-15(21)9-12-13(16)3-2-4-14(12)17/h2-4,11H,5-9H2,1H3,(H,18,21). The van der Waals surface area contributed by atoms with Gasteiger partial charge < -0.3 is 10.2 Å². The third-order valence-electron chi connectivity index (χ3n) is 3.70. The van der Waals surface area contributed by atoms with Crippen molar-refractivity contribution in [2.24, 2.45) is 0 Å². The summed E-state index contributed by atoms with van der Waals surface area (Å²) in [6, 6.07) is 4.40. The number of halogens is 2. The molecule has 2 amide bonds. The summed E-state index contributed by atoms with van der Waals surface area (Å²) in [6.45, 7) is 2.82. The summed E-state index contributed by atoms with van der Waals surface area (Å²) in [5, 5.41) is 3.14. The van der Waals surface area contributed by atoms with Crippen molar-refractivity contribution >= 4 is 23.4 Å². The van der Waals surface area contributed by atoms with Crippen molar-refractivity contribution in [3.8, 4) is 0 Å². The molecule has 4 nitrogen and oxygen atoms in total. The lowest BCUT2D eigenvalue weighted by molar-refractivity contribution is -0.130. The Labute approximate surface area is 128 Å². The highest BCUT2D eigenvalue weighted by Gasteiger charge is 2.22. The van der Waals surface area contributed by atoms with Gasteiger partial charge in [-0.05, 0) is 25.0 Å². The van der Waals surface area contributed by atoms with Crippen LogP contribution >= 0.6 is 11.6 Å². The Morgan fingerprint density at radius 1 is 1.38 bits per heavy atom. The van der Waals surface area contributed by atoms with Crippen molar-refractivity contribution in [3.63, 3.8) is 0 Å². The summed E-state index contributed by atoms with van der Waals surface area (Å²) in [4.78, 5) is 25.0. The smallest absolute Gasteiger partial charge is 0.224 e. The Bertz CT molecular complexity index is 522. The van der Waals surface area contributed by atoms with Gasteiger partial charge in [-0.2, -0.15) is 0 Å². The van der Waals surface area contributed by atoms with E-state index in [9.17, 15) is 14.0 Å². The average molecular weight is 313 g/mol. The van der Waals surface area contributed by atoms with E-state index < -0.39 is 5.82 Å². The third-order valence-corrected chi connectivity index (χ3v) is 4.06. The molecule has 1 N–H and O–H groups in total. The molecule has 6 heteroatoms. The topological polar surface area (TPSA) is 49.4 Å². The summed E-state index contributed by atoms with van der Waals surface area (Å²) in [6.07, 6.45) is 1.37. The van der Waals surface area contributed by atoms with Gasteiger partial charge in [0.25, 0.3) is 0 Å². The van der Waals surface area contributed by atoms with Gasteiger partial charge in [0.2, 0.25) is 11.8 Å². The molecule has 1 heterocycles. The van der Waals surface area contributed by atoms with Crippen LogP contribution in [0.25, 0.3) is 0 Å². The second-order valence-electron chi connectivity index (χ2n) is 5.22. The fourth-order valence-corrected chi connectivity index (χ4v) is 2.71. The van der Waals surface area contributed by atoms with E-state index in [1.165, 1.54) is 12.1 Å². The molecule has 0 unspecified atom stereocenters. The summed E-state index contributed by atoms with van der Waals surface area (Å²) in [5.74, 6) is -0.662.